The lowest BCUT2D eigenvalue weighted by Gasteiger charge is -2.14. The molecule has 0 aliphatic carbocycles. The van der Waals surface area contributed by atoms with Crippen molar-refractivity contribution in [1.82, 2.24) is 4.98 Å². The van der Waals surface area contributed by atoms with Gasteiger partial charge in [0.15, 0.2) is 11.6 Å². The van der Waals surface area contributed by atoms with Crippen LogP contribution in [0.1, 0.15) is 21.5 Å². The van der Waals surface area contributed by atoms with E-state index in [1.165, 1.54) is 6.20 Å². The van der Waals surface area contributed by atoms with Crippen LogP contribution in [0.4, 0.5) is 20.3 Å². The van der Waals surface area contributed by atoms with Gasteiger partial charge in [-0.2, -0.15) is 0 Å². The highest BCUT2D eigenvalue weighted by Gasteiger charge is 2.21. The minimum atomic E-state index is -1.42. The van der Waals surface area contributed by atoms with E-state index in [9.17, 15) is 13.6 Å². The summed E-state index contributed by atoms with van der Waals surface area (Å²) in [7, 11) is 5.25. The fourth-order valence-electron chi connectivity index (χ4n) is 1.90. The van der Waals surface area contributed by atoms with Crippen molar-refractivity contribution in [3.63, 3.8) is 0 Å². The summed E-state index contributed by atoms with van der Waals surface area (Å²) in [4.78, 5) is 15.2. The Balaban J connectivity index is 2.57. The van der Waals surface area contributed by atoms with Gasteiger partial charge in [0.1, 0.15) is 13.7 Å². The summed E-state index contributed by atoms with van der Waals surface area (Å²) in [5.41, 5.74) is 0.0225. The normalized spacial score (nSPS) is 10.5. The van der Waals surface area contributed by atoms with E-state index in [1.807, 2.05) is 6.92 Å². The molecule has 2 aromatic rings. The van der Waals surface area contributed by atoms with Crippen LogP contribution in [0.25, 0.3) is 0 Å². The fraction of sp³-hybridized carbons (Fsp3) is 0.143. The number of hydrogen-bond acceptors (Lipinski definition) is 3. The zero-order valence-electron chi connectivity index (χ0n) is 11.4. The predicted molar refractivity (Wildman–Crippen MR) is 75.7 cm³/mol. The Hall–Kier alpha value is -2.44. The molecule has 2 N–H and O–H groups in total. The van der Waals surface area contributed by atoms with Gasteiger partial charge in [-0.1, -0.05) is 11.5 Å². The number of carbonyl (C=O) groups is 1. The van der Waals surface area contributed by atoms with Crippen LogP contribution < -0.4 is 10.8 Å². The van der Waals surface area contributed by atoms with E-state index >= 15 is 0 Å². The molecule has 7 heteroatoms. The first-order valence-corrected chi connectivity index (χ1v) is 6.02. The first kappa shape index (κ1) is 15.0. The van der Waals surface area contributed by atoms with Gasteiger partial charge in [-0.15, -0.1) is 0 Å². The molecular weight excluding hydrogens is 277 g/mol. The number of nitrogens with zero attached hydrogens (tertiary/aromatic N) is 1. The van der Waals surface area contributed by atoms with E-state index in [0.717, 1.165) is 11.6 Å². The SMILES string of the molecule is [B]c1cc(C(=O)O)c(Nc2ncc(C)cc2C)c(F)c1F. The van der Waals surface area contributed by atoms with Crippen LogP contribution in [-0.4, -0.2) is 23.9 Å². The molecule has 106 valence electrons. The minimum absolute atomic E-state index is 0.242. The van der Waals surface area contributed by atoms with E-state index in [0.29, 0.717) is 5.56 Å². The second kappa shape index (κ2) is 5.51. The van der Waals surface area contributed by atoms with Gasteiger partial charge in [0.2, 0.25) is 0 Å². The van der Waals surface area contributed by atoms with Crippen LogP contribution in [-0.2, 0) is 0 Å². The van der Waals surface area contributed by atoms with Crippen molar-refractivity contribution < 1.29 is 18.7 Å². The standard InChI is InChI=1S/C14H11BF2N2O2/c1-6-3-7(2)13(18-5-6)19-12-8(14(20)21)4-9(15)10(16)11(12)17/h3-5H,1-2H3,(H,18,19)(H,20,21). The second-order valence-electron chi connectivity index (χ2n) is 4.62. The van der Waals surface area contributed by atoms with E-state index < -0.39 is 34.3 Å². The average Bonchev–Trinajstić information content (AvgIpc) is 2.41. The van der Waals surface area contributed by atoms with Gasteiger partial charge < -0.3 is 10.4 Å². The molecule has 0 saturated carbocycles. The number of carboxylic acids is 1. The fourth-order valence-corrected chi connectivity index (χ4v) is 1.90. The van der Waals surface area contributed by atoms with Gasteiger partial charge in [0.25, 0.3) is 0 Å². The molecule has 0 saturated heterocycles. The number of rotatable bonds is 3. The van der Waals surface area contributed by atoms with Crippen LogP contribution in [0, 0.1) is 25.5 Å². The van der Waals surface area contributed by atoms with Gasteiger partial charge in [-0.3, -0.25) is 0 Å². The molecule has 0 unspecified atom stereocenters. The van der Waals surface area contributed by atoms with Crippen molar-refractivity contribution in [2.24, 2.45) is 0 Å². The van der Waals surface area contributed by atoms with Crippen molar-refractivity contribution in [2.75, 3.05) is 5.32 Å². The summed E-state index contributed by atoms with van der Waals surface area (Å²) < 4.78 is 27.5. The molecule has 0 aliphatic heterocycles. The van der Waals surface area contributed by atoms with Crippen molar-refractivity contribution >= 4 is 30.8 Å². The van der Waals surface area contributed by atoms with Gasteiger partial charge in [0, 0.05) is 6.20 Å². The van der Waals surface area contributed by atoms with E-state index in [-0.39, 0.29) is 5.82 Å². The monoisotopic (exact) mass is 288 g/mol. The topological polar surface area (TPSA) is 62.2 Å². The number of aromatic nitrogens is 1. The summed E-state index contributed by atoms with van der Waals surface area (Å²) in [5.74, 6) is -3.83. The first-order valence-electron chi connectivity index (χ1n) is 6.02. The Kier molecular flexibility index (Phi) is 3.93. The highest BCUT2D eigenvalue weighted by atomic mass is 19.2. The van der Waals surface area contributed by atoms with E-state index in [1.54, 1.807) is 13.0 Å². The number of aryl methyl sites for hydroxylation is 2. The lowest BCUT2D eigenvalue weighted by Crippen LogP contribution is -2.18. The quantitative estimate of drug-likeness (QED) is 0.850. The zero-order chi connectivity index (χ0) is 15.7. The molecule has 0 bridgehead atoms. The Bertz CT molecular complexity index is 735. The highest BCUT2D eigenvalue weighted by molar-refractivity contribution is 6.33. The Morgan fingerprint density at radius 3 is 2.52 bits per heavy atom. The molecule has 0 atom stereocenters. The lowest BCUT2D eigenvalue weighted by molar-refractivity contribution is 0.0697. The van der Waals surface area contributed by atoms with Crippen molar-refractivity contribution in [3.8, 4) is 0 Å². The number of pyridine rings is 1. The maximum Gasteiger partial charge on any atom is 0.337 e. The third-order valence-electron chi connectivity index (χ3n) is 2.92. The summed E-state index contributed by atoms with van der Waals surface area (Å²) in [5, 5.41) is 11.6. The van der Waals surface area contributed by atoms with Gasteiger partial charge in [0.05, 0.1) is 11.3 Å². The third-order valence-corrected chi connectivity index (χ3v) is 2.92. The summed E-state index contributed by atoms with van der Waals surface area (Å²) in [6, 6.07) is 2.65. The maximum absolute atomic E-state index is 14.0. The summed E-state index contributed by atoms with van der Waals surface area (Å²) >= 11 is 0. The molecule has 2 rings (SSSR count). The van der Waals surface area contributed by atoms with Crippen LogP contribution in [0.15, 0.2) is 18.3 Å². The molecular formula is C14H11BF2N2O2. The van der Waals surface area contributed by atoms with Gasteiger partial charge in [-0.05, 0) is 31.0 Å². The average molecular weight is 288 g/mol. The number of hydrogen-bond donors (Lipinski definition) is 2. The third kappa shape index (κ3) is 2.86. The Morgan fingerprint density at radius 1 is 1.29 bits per heavy atom. The molecule has 1 aromatic heterocycles. The summed E-state index contributed by atoms with van der Waals surface area (Å²) in [6.07, 6.45) is 1.53. The Labute approximate surface area is 121 Å². The van der Waals surface area contributed by atoms with Crippen molar-refractivity contribution in [3.05, 3.63) is 46.7 Å². The smallest absolute Gasteiger partial charge is 0.337 e. The van der Waals surface area contributed by atoms with Crippen LogP contribution >= 0.6 is 0 Å². The largest absolute Gasteiger partial charge is 0.478 e. The summed E-state index contributed by atoms with van der Waals surface area (Å²) in [6.45, 7) is 3.55. The molecule has 0 spiro atoms. The number of anilines is 2. The number of halogens is 2. The van der Waals surface area contributed by atoms with Crippen LogP contribution in [0.5, 0.6) is 0 Å². The highest BCUT2D eigenvalue weighted by Crippen LogP contribution is 2.26. The molecule has 21 heavy (non-hydrogen) atoms. The van der Waals surface area contributed by atoms with Crippen molar-refractivity contribution in [2.45, 2.75) is 13.8 Å². The van der Waals surface area contributed by atoms with Crippen LogP contribution in [0.2, 0.25) is 0 Å². The van der Waals surface area contributed by atoms with E-state index in [2.05, 4.69) is 10.3 Å². The van der Waals surface area contributed by atoms with Gasteiger partial charge >= 0.3 is 5.97 Å². The molecule has 1 aromatic carbocycles. The molecule has 0 aliphatic rings. The zero-order valence-corrected chi connectivity index (χ0v) is 11.4. The molecule has 4 nitrogen and oxygen atoms in total. The number of aromatic carboxylic acids is 1. The molecule has 0 fully saturated rings. The maximum atomic E-state index is 14.0. The lowest BCUT2D eigenvalue weighted by atomic mass is 9.92. The van der Waals surface area contributed by atoms with E-state index in [4.69, 9.17) is 13.0 Å². The molecule has 1 heterocycles. The predicted octanol–water partition coefficient (Wildman–Crippen LogP) is 2.21. The molecule has 2 radical (unpaired) electrons. The first-order chi connectivity index (χ1) is 9.81. The number of nitrogens with one attached hydrogen (secondary N) is 1. The number of carboxylic acid groups (broad SMARTS) is 1. The second-order valence-corrected chi connectivity index (χ2v) is 4.62. The van der Waals surface area contributed by atoms with Crippen molar-refractivity contribution in [1.29, 1.82) is 0 Å². The molecule has 0 amide bonds. The number of benzene rings is 1. The minimum Gasteiger partial charge on any atom is -0.478 e. The van der Waals surface area contributed by atoms with Gasteiger partial charge in [-0.25, -0.2) is 18.6 Å². The van der Waals surface area contributed by atoms with Crippen LogP contribution in [0.3, 0.4) is 0 Å². The Morgan fingerprint density at radius 2 is 1.95 bits per heavy atom.